The Morgan fingerprint density at radius 1 is 1.18 bits per heavy atom. The summed E-state index contributed by atoms with van der Waals surface area (Å²) in [7, 11) is 0. The number of benzene rings is 2. The van der Waals surface area contributed by atoms with Crippen molar-refractivity contribution in [3.8, 4) is 17.3 Å². The van der Waals surface area contributed by atoms with Crippen LogP contribution in [0.15, 0.2) is 48.8 Å². The topological polar surface area (TPSA) is 95.9 Å². The van der Waals surface area contributed by atoms with E-state index in [1.54, 1.807) is 30.3 Å². The molecule has 0 spiro atoms. The maximum Gasteiger partial charge on any atom is 0.245 e. The summed E-state index contributed by atoms with van der Waals surface area (Å²) in [6, 6.07) is 11.6. The van der Waals surface area contributed by atoms with Crippen LogP contribution in [0.3, 0.4) is 0 Å². The minimum absolute atomic E-state index is 0.0913. The molecule has 1 saturated carbocycles. The van der Waals surface area contributed by atoms with Crippen LogP contribution in [0.4, 0.5) is 4.39 Å². The number of rotatable bonds is 7. The van der Waals surface area contributed by atoms with Crippen molar-refractivity contribution in [2.24, 2.45) is 5.73 Å². The second-order valence-corrected chi connectivity index (χ2v) is 8.92. The third kappa shape index (κ3) is 4.39. The van der Waals surface area contributed by atoms with Crippen molar-refractivity contribution in [3.05, 3.63) is 70.8 Å². The molecule has 1 amide bonds. The molecule has 0 atom stereocenters. The summed E-state index contributed by atoms with van der Waals surface area (Å²) in [5.41, 5.74) is 8.43. The maximum absolute atomic E-state index is 13.5. The summed E-state index contributed by atoms with van der Waals surface area (Å²) in [5, 5.41) is 0.425. The lowest BCUT2D eigenvalue weighted by Gasteiger charge is -2.12. The van der Waals surface area contributed by atoms with Gasteiger partial charge in [-0.25, -0.2) is 14.4 Å². The maximum atomic E-state index is 13.5. The number of amides is 1. The molecule has 4 aromatic rings. The van der Waals surface area contributed by atoms with Gasteiger partial charge in [-0.2, -0.15) is 4.98 Å². The highest BCUT2D eigenvalue weighted by molar-refractivity contribution is 6.33. The van der Waals surface area contributed by atoms with Crippen LogP contribution in [0, 0.1) is 5.82 Å². The number of ether oxygens (including phenoxy) is 1. The van der Waals surface area contributed by atoms with Gasteiger partial charge in [0.2, 0.25) is 11.8 Å². The molecule has 0 aliphatic heterocycles. The Balaban J connectivity index is 1.65. The Morgan fingerprint density at radius 3 is 2.58 bits per heavy atom. The van der Waals surface area contributed by atoms with Gasteiger partial charge in [-0.1, -0.05) is 29.8 Å². The molecule has 0 bridgehead atoms. The fraction of sp³-hybridized carbons (Fsp3) is 0.250. The third-order valence-electron chi connectivity index (χ3n) is 5.70. The Hall–Kier alpha value is -3.52. The highest BCUT2D eigenvalue weighted by Crippen LogP contribution is 2.41. The summed E-state index contributed by atoms with van der Waals surface area (Å²) in [5.74, 6) is 0.239. The molecular formula is C24H21ClFN5O2. The van der Waals surface area contributed by atoms with Crippen LogP contribution in [0.25, 0.3) is 22.6 Å². The zero-order valence-electron chi connectivity index (χ0n) is 17.9. The van der Waals surface area contributed by atoms with Crippen molar-refractivity contribution in [2.75, 3.05) is 0 Å². The lowest BCUT2D eigenvalue weighted by atomic mass is 10.1. The van der Waals surface area contributed by atoms with Crippen LogP contribution in [0.1, 0.15) is 30.9 Å². The van der Waals surface area contributed by atoms with E-state index in [1.165, 1.54) is 18.5 Å². The molecule has 7 nitrogen and oxygen atoms in total. The van der Waals surface area contributed by atoms with Gasteiger partial charge in [0.25, 0.3) is 0 Å². The molecular weight excluding hydrogens is 445 g/mol. The molecule has 5 rings (SSSR count). The van der Waals surface area contributed by atoms with Crippen LogP contribution < -0.4 is 10.5 Å². The van der Waals surface area contributed by atoms with Crippen molar-refractivity contribution < 1.29 is 13.9 Å². The largest absolute Gasteiger partial charge is 0.470 e. The summed E-state index contributed by atoms with van der Waals surface area (Å²) in [6.45, 7) is 2.42. The van der Waals surface area contributed by atoms with E-state index in [0.717, 1.165) is 18.4 Å². The van der Waals surface area contributed by atoms with Crippen LogP contribution in [0.2, 0.25) is 5.02 Å². The first-order chi connectivity index (χ1) is 15.8. The van der Waals surface area contributed by atoms with Gasteiger partial charge >= 0.3 is 0 Å². The van der Waals surface area contributed by atoms with E-state index in [2.05, 4.69) is 9.97 Å². The molecule has 2 aromatic carbocycles. The zero-order chi connectivity index (χ0) is 23.2. The van der Waals surface area contributed by atoms with E-state index in [9.17, 15) is 9.18 Å². The zero-order valence-corrected chi connectivity index (χ0v) is 18.6. The van der Waals surface area contributed by atoms with Gasteiger partial charge in [-0.05, 0) is 55.2 Å². The molecule has 2 heterocycles. The second-order valence-electron chi connectivity index (χ2n) is 8.51. The second kappa shape index (κ2) is 8.12. The summed E-state index contributed by atoms with van der Waals surface area (Å²) in [4.78, 5) is 24.9. The first-order valence-electron chi connectivity index (χ1n) is 10.5. The molecule has 2 N–H and O–H groups in total. The highest BCUT2D eigenvalue weighted by atomic mass is 35.5. The lowest BCUT2D eigenvalue weighted by molar-refractivity contribution is -0.117. The Labute approximate surface area is 194 Å². The average Bonchev–Trinajstić information content (AvgIpc) is 3.38. The summed E-state index contributed by atoms with van der Waals surface area (Å²) >= 11 is 6.60. The number of hydrogen-bond acceptors (Lipinski definition) is 5. The van der Waals surface area contributed by atoms with Gasteiger partial charge < -0.3 is 15.0 Å². The summed E-state index contributed by atoms with van der Waals surface area (Å²) < 4.78 is 21.5. The number of hydrogen-bond donors (Lipinski definition) is 1. The molecule has 1 aliphatic rings. The number of halogens is 2. The minimum atomic E-state index is -0.437. The minimum Gasteiger partial charge on any atom is -0.470 e. The molecule has 0 radical (unpaired) electrons. The molecule has 1 fully saturated rings. The van der Waals surface area contributed by atoms with E-state index < -0.39 is 5.91 Å². The summed E-state index contributed by atoms with van der Waals surface area (Å²) in [6.07, 6.45) is 3.45. The van der Waals surface area contributed by atoms with E-state index in [-0.39, 0.29) is 17.8 Å². The van der Waals surface area contributed by atoms with Gasteiger partial charge in [0, 0.05) is 5.56 Å². The van der Waals surface area contributed by atoms with Crippen LogP contribution in [-0.2, 0) is 17.8 Å². The Morgan fingerprint density at radius 2 is 1.91 bits per heavy atom. The van der Waals surface area contributed by atoms with Gasteiger partial charge in [0.05, 0.1) is 18.0 Å². The van der Waals surface area contributed by atoms with Crippen LogP contribution in [0.5, 0.6) is 5.88 Å². The Kier molecular flexibility index (Phi) is 5.25. The van der Waals surface area contributed by atoms with Crippen molar-refractivity contribution in [2.45, 2.75) is 38.3 Å². The van der Waals surface area contributed by atoms with Gasteiger partial charge in [-0.15, -0.1) is 0 Å². The molecule has 33 heavy (non-hydrogen) atoms. The number of carbonyl (C=O) groups is 1. The average molecular weight is 466 g/mol. The SMILES string of the molecule is CC1(Oc2ncnc3c2nc(-c2ccc(CC(N)=O)cc2Cl)n3Cc2ccc(F)cc2)CC1. The van der Waals surface area contributed by atoms with Crippen molar-refractivity contribution in [3.63, 3.8) is 0 Å². The number of primary amides is 1. The van der Waals surface area contributed by atoms with E-state index in [0.29, 0.717) is 45.6 Å². The van der Waals surface area contributed by atoms with Crippen molar-refractivity contribution in [1.82, 2.24) is 19.5 Å². The normalized spacial score (nSPS) is 14.4. The Bertz CT molecular complexity index is 1370. The molecule has 2 aromatic heterocycles. The fourth-order valence-corrected chi connectivity index (χ4v) is 3.97. The third-order valence-corrected chi connectivity index (χ3v) is 6.02. The predicted molar refractivity (Wildman–Crippen MR) is 122 cm³/mol. The van der Waals surface area contributed by atoms with Gasteiger partial charge in [0.1, 0.15) is 23.6 Å². The van der Waals surface area contributed by atoms with Gasteiger partial charge in [0.15, 0.2) is 11.2 Å². The standard InChI is InChI=1S/C24H21ClFN5O2/c1-24(8-9-24)33-23-20-22(28-13-29-23)31(12-14-2-5-16(26)6-3-14)21(30-20)17-7-4-15(10-18(17)25)11-19(27)32/h2-7,10,13H,8-9,11-12H2,1H3,(H2,27,32). The van der Waals surface area contributed by atoms with Crippen molar-refractivity contribution >= 4 is 28.7 Å². The van der Waals surface area contributed by atoms with Crippen LogP contribution in [-0.4, -0.2) is 31.0 Å². The number of nitrogens with two attached hydrogens (primary N) is 1. The monoisotopic (exact) mass is 465 g/mol. The molecule has 9 heteroatoms. The molecule has 0 unspecified atom stereocenters. The fourth-order valence-electron chi connectivity index (χ4n) is 3.68. The van der Waals surface area contributed by atoms with E-state index >= 15 is 0 Å². The first kappa shape index (κ1) is 21.3. The first-order valence-corrected chi connectivity index (χ1v) is 10.9. The number of aromatic nitrogens is 4. The predicted octanol–water partition coefficient (Wildman–Crippen LogP) is 4.29. The van der Waals surface area contributed by atoms with E-state index in [4.69, 9.17) is 27.1 Å². The highest BCUT2D eigenvalue weighted by Gasteiger charge is 2.41. The number of nitrogens with zero attached hydrogens (tertiary/aromatic N) is 4. The molecule has 0 saturated heterocycles. The number of imidazole rings is 1. The quantitative estimate of drug-likeness (QED) is 0.439. The van der Waals surface area contributed by atoms with E-state index in [1.807, 2.05) is 11.5 Å². The number of fused-ring (bicyclic) bond motifs is 1. The van der Waals surface area contributed by atoms with Crippen molar-refractivity contribution in [1.29, 1.82) is 0 Å². The molecule has 1 aliphatic carbocycles. The van der Waals surface area contributed by atoms with Gasteiger partial charge in [-0.3, -0.25) is 4.79 Å². The smallest absolute Gasteiger partial charge is 0.245 e. The van der Waals surface area contributed by atoms with Crippen LogP contribution >= 0.6 is 11.6 Å². The lowest BCUT2D eigenvalue weighted by Crippen LogP contribution is -2.13. The molecule has 168 valence electrons. The number of carbonyl (C=O) groups excluding carboxylic acids is 1.